The molecule has 0 rings (SSSR count). The van der Waals surface area contributed by atoms with E-state index in [1.54, 1.807) is 6.92 Å². The smallest absolute Gasteiger partial charge is 0.101 e. The SMILES string of the molecule is C=C(/C=C(\C(N)=C(/C)C(C)C)C(C)C)CC(C)F. The highest BCUT2D eigenvalue weighted by Crippen LogP contribution is 2.24. The van der Waals surface area contributed by atoms with Gasteiger partial charge in [-0.2, -0.15) is 0 Å². The van der Waals surface area contributed by atoms with E-state index >= 15 is 0 Å². The first-order chi connectivity index (χ1) is 8.16. The zero-order chi connectivity index (χ0) is 14.5. The Bertz CT molecular complexity index is 346. The number of alkyl halides is 1. The number of hydrogen-bond donors (Lipinski definition) is 1. The summed E-state index contributed by atoms with van der Waals surface area (Å²) >= 11 is 0. The normalized spacial score (nSPS) is 15.9. The topological polar surface area (TPSA) is 26.0 Å². The molecule has 0 aliphatic heterocycles. The van der Waals surface area contributed by atoms with Crippen LogP contribution in [0, 0.1) is 11.8 Å². The average molecular weight is 253 g/mol. The maximum absolute atomic E-state index is 13.0. The molecule has 0 fully saturated rings. The fraction of sp³-hybridized carbons (Fsp3) is 0.625. The molecule has 0 aromatic rings. The van der Waals surface area contributed by atoms with Gasteiger partial charge in [-0.25, -0.2) is 4.39 Å². The van der Waals surface area contributed by atoms with E-state index in [1.165, 1.54) is 5.57 Å². The molecule has 0 aliphatic carbocycles. The Kier molecular flexibility index (Phi) is 6.97. The second-order valence-corrected chi connectivity index (χ2v) is 5.65. The third kappa shape index (κ3) is 5.52. The average Bonchev–Trinajstić information content (AvgIpc) is 2.22. The molecule has 1 unspecified atom stereocenters. The third-order valence-electron chi connectivity index (χ3n) is 3.13. The summed E-state index contributed by atoms with van der Waals surface area (Å²) in [5.74, 6) is 0.728. The molecule has 0 bridgehead atoms. The van der Waals surface area contributed by atoms with Gasteiger partial charge in [0.25, 0.3) is 0 Å². The van der Waals surface area contributed by atoms with Crippen LogP contribution in [0.5, 0.6) is 0 Å². The van der Waals surface area contributed by atoms with Crippen LogP contribution in [0.2, 0.25) is 0 Å². The molecule has 18 heavy (non-hydrogen) atoms. The number of allylic oxidation sites excluding steroid dienone is 4. The summed E-state index contributed by atoms with van der Waals surface area (Å²) in [5.41, 5.74) is 10.1. The first kappa shape index (κ1) is 16.9. The molecule has 0 radical (unpaired) electrons. The number of halogens is 1. The highest BCUT2D eigenvalue weighted by Gasteiger charge is 2.12. The van der Waals surface area contributed by atoms with Gasteiger partial charge in [0, 0.05) is 12.1 Å². The quantitative estimate of drug-likeness (QED) is 0.678. The van der Waals surface area contributed by atoms with Crippen molar-refractivity contribution in [3.63, 3.8) is 0 Å². The van der Waals surface area contributed by atoms with Gasteiger partial charge in [0.05, 0.1) is 0 Å². The van der Waals surface area contributed by atoms with Crippen LogP contribution >= 0.6 is 0 Å². The predicted molar refractivity (Wildman–Crippen MR) is 79.0 cm³/mol. The fourth-order valence-electron chi connectivity index (χ4n) is 1.73. The van der Waals surface area contributed by atoms with E-state index in [-0.39, 0.29) is 0 Å². The summed E-state index contributed by atoms with van der Waals surface area (Å²) in [6, 6.07) is 0. The van der Waals surface area contributed by atoms with Crippen LogP contribution in [0.25, 0.3) is 0 Å². The maximum atomic E-state index is 13.0. The molecule has 104 valence electrons. The fourth-order valence-corrected chi connectivity index (χ4v) is 1.73. The molecular formula is C16H28FN. The van der Waals surface area contributed by atoms with E-state index in [1.807, 2.05) is 6.08 Å². The number of rotatable bonds is 6. The van der Waals surface area contributed by atoms with E-state index < -0.39 is 6.17 Å². The highest BCUT2D eigenvalue weighted by molar-refractivity contribution is 5.39. The Morgan fingerprint density at radius 2 is 1.67 bits per heavy atom. The summed E-state index contributed by atoms with van der Waals surface area (Å²) in [4.78, 5) is 0. The Hall–Kier alpha value is -1.05. The molecule has 0 aromatic heterocycles. The van der Waals surface area contributed by atoms with E-state index in [9.17, 15) is 4.39 Å². The van der Waals surface area contributed by atoms with Crippen molar-refractivity contribution in [1.82, 2.24) is 0 Å². The summed E-state index contributed by atoms with van der Waals surface area (Å²) < 4.78 is 13.0. The van der Waals surface area contributed by atoms with E-state index in [4.69, 9.17) is 5.73 Å². The molecule has 0 aromatic carbocycles. The van der Waals surface area contributed by atoms with Crippen LogP contribution in [0.1, 0.15) is 48.0 Å². The standard InChI is InChI=1S/C16H28FN/c1-10(2)14(7)16(18)15(11(3)4)9-12(5)8-13(6)17/h9-11,13H,5,8,18H2,1-4,6-7H3/b15-9-,16-14-. The summed E-state index contributed by atoms with van der Waals surface area (Å²) in [6.45, 7) is 15.9. The summed E-state index contributed by atoms with van der Waals surface area (Å²) in [6.07, 6.45) is 1.45. The zero-order valence-corrected chi connectivity index (χ0v) is 12.7. The zero-order valence-electron chi connectivity index (χ0n) is 12.7. The lowest BCUT2D eigenvalue weighted by Gasteiger charge is -2.18. The van der Waals surface area contributed by atoms with Gasteiger partial charge in [-0.05, 0) is 36.8 Å². The van der Waals surface area contributed by atoms with Crippen molar-refractivity contribution in [3.05, 3.63) is 35.1 Å². The second kappa shape index (κ2) is 7.40. The Labute approximate surface area is 112 Å². The monoisotopic (exact) mass is 253 g/mol. The lowest BCUT2D eigenvalue weighted by Crippen LogP contribution is -2.12. The van der Waals surface area contributed by atoms with Crippen molar-refractivity contribution in [2.75, 3.05) is 0 Å². The van der Waals surface area contributed by atoms with Gasteiger partial charge in [0.15, 0.2) is 0 Å². The molecule has 0 saturated heterocycles. The highest BCUT2D eigenvalue weighted by atomic mass is 19.1. The largest absolute Gasteiger partial charge is 0.399 e. The van der Waals surface area contributed by atoms with Gasteiger partial charge >= 0.3 is 0 Å². The lowest BCUT2D eigenvalue weighted by atomic mass is 9.91. The van der Waals surface area contributed by atoms with Crippen molar-refractivity contribution in [3.8, 4) is 0 Å². The van der Waals surface area contributed by atoms with Crippen LogP contribution in [0.15, 0.2) is 35.1 Å². The first-order valence-corrected chi connectivity index (χ1v) is 6.66. The van der Waals surface area contributed by atoms with E-state index in [0.29, 0.717) is 18.3 Å². The maximum Gasteiger partial charge on any atom is 0.101 e. The molecule has 0 aliphatic rings. The molecule has 1 atom stereocenters. The Morgan fingerprint density at radius 1 is 1.17 bits per heavy atom. The minimum atomic E-state index is -0.862. The van der Waals surface area contributed by atoms with Crippen molar-refractivity contribution in [2.45, 2.75) is 54.1 Å². The van der Waals surface area contributed by atoms with Gasteiger partial charge in [-0.15, -0.1) is 0 Å². The summed E-state index contributed by atoms with van der Waals surface area (Å²) in [7, 11) is 0. The van der Waals surface area contributed by atoms with Crippen LogP contribution in [0.4, 0.5) is 4.39 Å². The van der Waals surface area contributed by atoms with Gasteiger partial charge in [-0.3, -0.25) is 0 Å². The van der Waals surface area contributed by atoms with Gasteiger partial charge < -0.3 is 5.73 Å². The predicted octanol–water partition coefficient (Wildman–Crippen LogP) is 4.76. The summed E-state index contributed by atoms with van der Waals surface area (Å²) in [5, 5.41) is 0. The van der Waals surface area contributed by atoms with Crippen molar-refractivity contribution >= 4 is 0 Å². The van der Waals surface area contributed by atoms with Gasteiger partial charge in [0.1, 0.15) is 6.17 Å². The van der Waals surface area contributed by atoms with Crippen LogP contribution < -0.4 is 5.73 Å². The molecular weight excluding hydrogens is 225 g/mol. The minimum Gasteiger partial charge on any atom is -0.399 e. The van der Waals surface area contributed by atoms with Crippen molar-refractivity contribution in [2.24, 2.45) is 17.6 Å². The molecule has 0 saturated carbocycles. The number of hydrogen-bond acceptors (Lipinski definition) is 1. The molecule has 0 heterocycles. The van der Waals surface area contributed by atoms with E-state index in [0.717, 1.165) is 16.8 Å². The Morgan fingerprint density at radius 3 is 2.00 bits per heavy atom. The van der Waals surface area contributed by atoms with Crippen LogP contribution in [0.3, 0.4) is 0 Å². The molecule has 1 nitrogen and oxygen atoms in total. The van der Waals surface area contributed by atoms with Crippen molar-refractivity contribution in [1.29, 1.82) is 0 Å². The third-order valence-corrected chi connectivity index (χ3v) is 3.13. The van der Waals surface area contributed by atoms with E-state index in [2.05, 4.69) is 41.2 Å². The molecule has 2 heteroatoms. The minimum absolute atomic E-state index is 0.311. The lowest BCUT2D eigenvalue weighted by molar-refractivity contribution is 0.361. The van der Waals surface area contributed by atoms with Gasteiger partial charge in [-0.1, -0.05) is 45.9 Å². The van der Waals surface area contributed by atoms with Crippen LogP contribution in [-0.4, -0.2) is 6.17 Å². The molecule has 0 amide bonds. The van der Waals surface area contributed by atoms with Crippen molar-refractivity contribution < 1.29 is 4.39 Å². The van der Waals surface area contributed by atoms with Crippen LogP contribution in [-0.2, 0) is 0 Å². The Balaban J connectivity index is 5.28. The first-order valence-electron chi connectivity index (χ1n) is 6.66. The number of nitrogens with two attached hydrogens (primary N) is 1. The van der Waals surface area contributed by atoms with Gasteiger partial charge in [0.2, 0.25) is 0 Å². The molecule has 2 N–H and O–H groups in total. The molecule has 0 spiro atoms. The second-order valence-electron chi connectivity index (χ2n) is 5.65.